The van der Waals surface area contributed by atoms with E-state index >= 15 is 0 Å². The summed E-state index contributed by atoms with van der Waals surface area (Å²) in [6.07, 6.45) is 4.54. The van der Waals surface area contributed by atoms with Gasteiger partial charge in [-0.3, -0.25) is 4.79 Å². The van der Waals surface area contributed by atoms with Gasteiger partial charge < -0.3 is 10.2 Å². The highest BCUT2D eigenvalue weighted by molar-refractivity contribution is 7.18. The highest BCUT2D eigenvalue weighted by Crippen LogP contribution is 2.32. The van der Waals surface area contributed by atoms with Gasteiger partial charge in [-0.2, -0.15) is 0 Å². The second-order valence-electron chi connectivity index (χ2n) is 7.13. The molecule has 27 heavy (non-hydrogen) atoms. The van der Waals surface area contributed by atoms with Crippen LogP contribution >= 0.6 is 11.3 Å². The van der Waals surface area contributed by atoms with Crippen molar-refractivity contribution >= 4 is 39.0 Å². The lowest BCUT2D eigenvalue weighted by Gasteiger charge is -2.33. The molecule has 6 heteroatoms. The Kier molecular flexibility index (Phi) is 5.07. The average molecular weight is 381 g/mol. The minimum absolute atomic E-state index is 0.0337. The summed E-state index contributed by atoms with van der Waals surface area (Å²) in [6, 6.07) is 10.1. The van der Waals surface area contributed by atoms with Crippen molar-refractivity contribution in [1.82, 2.24) is 9.97 Å². The molecule has 2 aromatic heterocycles. The van der Waals surface area contributed by atoms with Crippen LogP contribution in [0.2, 0.25) is 0 Å². The maximum absolute atomic E-state index is 12.8. The van der Waals surface area contributed by atoms with Gasteiger partial charge in [-0.1, -0.05) is 19.1 Å². The smallest absolute Gasteiger partial charge is 0.229 e. The van der Waals surface area contributed by atoms with Crippen molar-refractivity contribution in [1.29, 1.82) is 0 Å². The summed E-state index contributed by atoms with van der Waals surface area (Å²) < 4.78 is 0. The summed E-state index contributed by atoms with van der Waals surface area (Å²) in [5.74, 6) is 1.02. The molecular weight excluding hydrogens is 356 g/mol. The number of anilines is 2. The summed E-state index contributed by atoms with van der Waals surface area (Å²) in [7, 11) is 0. The molecular formula is C21H24N4OS. The summed E-state index contributed by atoms with van der Waals surface area (Å²) >= 11 is 1.73. The molecule has 1 saturated heterocycles. The van der Waals surface area contributed by atoms with E-state index in [2.05, 4.69) is 33.2 Å². The minimum Gasteiger partial charge on any atom is -0.355 e. The Morgan fingerprint density at radius 3 is 3.04 bits per heavy atom. The zero-order valence-corrected chi connectivity index (χ0v) is 16.6. The molecule has 0 saturated carbocycles. The molecule has 0 bridgehead atoms. The van der Waals surface area contributed by atoms with Gasteiger partial charge in [-0.05, 0) is 49.9 Å². The number of benzene rings is 1. The fourth-order valence-corrected chi connectivity index (χ4v) is 4.60. The van der Waals surface area contributed by atoms with Gasteiger partial charge in [0, 0.05) is 23.7 Å². The Hall–Kier alpha value is -2.47. The first-order chi connectivity index (χ1) is 13.1. The second-order valence-corrected chi connectivity index (χ2v) is 8.24. The predicted molar refractivity (Wildman–Crippen MR) is 112 cm³/mol. The molecule has 0 spiro atoms. The highest BCUT2D eigenvalue weighted by atomic mass is 32.1. The van der Waals surface area contributed by atoms with E-state index in [1.54, 1.807) is 17.7 Å². The third-order valence-electron chi connectivity index (χ3n) is 5.09. The second kappa shape index (κ2) is 7.64. The van der Waals surface area contributed by atoms with Crippen LogP contribution in [0.5, 0.6) is 0 Å². The van der Waals surface area contributed by atoms with Crippen LogP contribution in [0.25, 0.3) is 10.2 Å². The number of hydrogen-bond acceptors (Lipinski definition) is 5. The Morgan fingerprint density at radius 2 is 2.22 bits per heavy atom. The van der Waals surface area contributed by atoms with E-state index in [9.17, 15) is 4.79 Å². The van der Waals surface area contributed by atoms with Gasteiger partial charge in [0.2, 0.25) is 5.91 Å². The van der Waals surface area contributed by atoms with Crippen molar-refractivity contribution in [3.63, 3.8) is 0 Å². The maximum Gasteiger partial charge on any atom is 0.229 e. The first kappa shape index (κ1) is 17.9. The van der Waals surface area contributed by atoms with E-state index in [0.717, 1.165) is 53.1 Å². The molecule has 1 atom stereocenters. The van der Waals surface area contributed by atoms with Crippen LogP contribution in [0.3, 0.4) is 0 Å². The van der Waals surface area contributed by atoms with Gasteiger partial charge in [0.15, 0.2) is 0 Å². The van der Waals surface area contributed by atoms with E-state index in [4.69, 9.17) is 0 Å². The molecule has 1 aliphatic heterocycles. The van der Waals surface area contributed by atoms with Crippen LogP contribution in [-0.4, -0.2) is 29.0 Å². The lowest BCUT2D eigenvalue weighted by Crippen LogP contribution is -2.41. The lowest BCUT2D eigenvalue weighted by atomic mass is 9.96. The van der Waals surface area contributed by atoms with Gasteiger partial charge in [-0.15, -0.1) is 11.3 Å². The first-order valence-electron chi connectivity index (χ1n) is 9.50. The Bertz CT molecular complexity index is 968. The van der Waals surface area contributed by atoms with Crippen LogP contribution in [0.15, 0.2) is 36.7 Å². The molecule has 1 aromatic carbocycles. The number of thiophene rings is 1. The summed E-state index contributed by atoms with van der Waals surface area (Å²) in [6.45, 7) is 5.81. The SMILES string of the molecule is CCc1cc2c(N3CCC[C@@H](C(=O)Nc4cccc(C)c4)C3)ncnc2s1. The zero-order valence-electron chi connectivity index (χ0n) is 15.7. The quantitative estimate of drug-likeness (QED) is 0.728. The van der Waals surface area contributed by atoms with Gasteiger partial charge in [-0.25, -0.2) is 9.97 Å². The summed E-state index contributed by atoms with van der Waals surface area (Å²) in [5, 5.41) is 4.19. The van der Waals surface area contributed by atoms with E-state index in [-0.39, 0.29) is 11.8 Å². The van der Waals surface area contributed by atoms with Gasteiger partial charge >= 0.3 is 0 Å². The number of fused-ring (bicyclic) bond motifs is 1. The van der Waals surface area contributed by atoms with Gasteiger partial charge in [0.25, 0.3) is 0 Å². The van der Waals surface area contributed by atoms with E-state index in [1.807, 2.05) is 31.2 Å². The molecule has 1 aliphatic rings. The number of piperidine rings is 1. The molecule has 5 nitrogen and oxygen atoms in total. The standard InChI is InChI=1S/C21H24N4OS/c1-3-17-11-18-19(22-13-23-21(18)27-17)25-9-5-7-15(12-25)20(26)24-16-8-4-6-14(2)10-16/h4,6,8,10-11,13,15H,3,5,7,9,12H2,1-2H3,(H,24,26)/t15-/m1/s1. The fourth-order valence-electron chi connectivity index (χ4n) is 3.67. The minimum atomic E-state index is -0.0337. The lowest BCUT2D eigenvalue weighted by molar-refractivity contribution is -0.120. The molecule has 3 heterocycles. The van der Waals surface area contributed by atoms with Crippen molar-refractivity contribution in [2.24, 2.45) is 5.92 Å². The predicted octanol–water partition coefficient (Wildman–Crippen LogP) is 4.42. The maximum atomic E-state index is 12.8. The number of nitrogens with zero attached hydrogens (tertiary/aromatic N) is 3. The summed E-state index contributed by atoms with van der Waals surface area (Å²) in [4.78, 5) is 26.4. The average Bonchev–Trinajstić information content (AvgIpc) is 3.11. The Labute approximate surface area is 163 Å². The number of nitrogens with one attached hydrogen (secondary N) is 1. The molecule has 0 unspecified atom stereocenters. The van der Waals surface area contributed by atoms with Crippen LogP contribution in [0.1, 0.15) is 30.2 Å². The topological polar surface area (TPSA) is 58.1 Å². The number of rotatable bonds is 4. The van der Waals surface area contributed by atoms with Crippen molar-refractivity contribution in [3.8, 4) is 0 Å². The number of hydrogen-bond donors (Lipinski definition) is 1. The number of carbonyl (C=O) groups excluding carboxylic acids is 1. The number of aryl methyl sites for hydroxylation is 2. The fraction of sp³-hybridized carbons (Fsp3) is 0.381. The van der Waals surface area contributed by atoms with Crippen LogP contribution in [-0.2, 0) is 11.2 Å². The highest BCUT2D eigenvalue weighted by Gasteiger charge is 2.28. The number of amides is 1. The summed E-state index contributed by atoms with van der Waals surface area (Å²) in [5.41, 5.74) is 2.01. The monoisotopic (exact) mass is 380 g/mol. The largest absolute Gasteiger partial charge is 0.355 e. The molecule has 1 fully saturated rings. The molecule has 0 radical (unpaired) electrons. The Balaban J connectivity index is 1.53. The molecule has 140 valence electrons. The zero-order chi connectivity index (χ0) is 18.8. The van der Waals surface area contributed by atoms with E-state index < -0.39 is 0 Å². The molecule has 4 rings (SSSR count). The van der Waals surface area contributed by atoms with Crippen LogP contribution < -0.4 is 10.2 Å². The van der Waals surface area contributed by atoms with Crippen molar-refractivity contribution in [2.75, 3.05) is 23.3 Å². The van der Waals surface area contributed by atoms with Gasteiger partial charge in [0.1, 0.15) is 17.0 Å². The molecule has 1 N–H and O–H groups in total. The third-order valence-corrected chi connectivity index (χ3v) is 6.27. The number of aromatic nitrogens is 2. The molecule has 3 aromatic rings. The molecule has 1 amide bonds. The van der Waals surface area contributed by atoms with E-state index in [1.165, 1.54) is 4.88 Å². The van der Waals surface area contributed by atoms with Crippen molar-refractivity contribution in [3.05, 3.63) is 47.1 Å². The van der Waals surface area contributed by atoms with Gasteiger partial charge in [0.05, 0.1) is 11.3 Å². The van der Waals surface area contributed by atoms with Crippen LogP contribution in [0, 0.1) is 12.8 Å². The third kappa shape index (κ3) is 3.81. The van der Waals surface area contributed by atoms with Crippen molar-refractivity contribution < 1.29 is 4.79 Å². The Morgan fingerprint density at radius 1 is 1.33 bits per heavy atom. The number of carbonyl (C=O) groups is 1. The molecule has 0 aliphatic carbocycles. The first-order valence-corrected chi connectivity index (χ1v) is 10.3. The normalized spacial score (nSPS) is 17.3. The van der Waals surface area contributed by atoms with Crippen LogP contribution in [0.4, 0.5) is 11.5 Å². The van der Waals surface area contributed by atoms with E-state index in [0.29, 0.717) is 6.54 Å². The van der Waals surface area contributed by atoms with Crippen molar-refractivity contribution in [2.45, 2.75) is 33.1 Å².